The van der Waals surface area contributed by atoms with Gasteiger partial charge in [-0.05, 0) is 18.6 Å². The smallest absolute Gasteiger partial charge is 0.236 e. The van der Waals surface area contributed by atoms with Crippen molar-refractivity contribution in [3.8, 4) is 0 Å². The number of nitrogens with one attached hydrogen (secondary N) is 1. The molecule has 69 valence electrons. The third kappa shape index (κ3) is 3.25. The summed E-state index contributed by atoms with van der Waals surface area (Å²) in [6.07, 6.45) is 0. The highest BCUT2D eigenvalue weighted by Gasteiger charge is 2.05. The van der Waals surface area contributed by atoms with Gasteiger partial charge < -0.3 is 11.1 Å². The minimum atomic E-state index is -0.449. The number of carbonyl (C=O) groups is 1. The molecular weight excluding hydrogens is 164 g/mol. The molecule has 0 saturated carbocycles. The Balaban J connectivity index is 2.40. The maximum atomic E-state index is 11.1. The molecule has 0 unspecified atom stereocenters. The zero-order chi connectivity index (χ0) is 9.68. The van der Waals surface area contributed by atoms with E-state index in [1.165, 1.54) is 0 Å². The Morgan fingerprint density at radius 3 is 2.77 bits per heavy atom. The van der Waals surface area contributed by atoms with Crippen molar-refractivity contribution in [3.63, 3.8) is 0 Å². The van der Waals surface area contributed by atoms with Gasteiger partial charge in [0.2, 0.25) is 5.91 Å². The molecule has 1 aromatic carbocycles. The minimum Gasteiger partial charge on any atom is -0.351 e. The van der Waals surface area contributed by atoms with Crippen molar-refractivity contribution < 1.29 is 4.79 Å². The fraction of sp³-hybridized carbons (Fsp3) is 0.300. The highest BCUT2D eigenvalue weighted by molar-refractivity contribution is 5.80. The van der Waals surface area contributed by atoms with Gasteiger partial charge in [-0.15, -0.1) is 0 Å². The van der Waals surface area contributed by atoms with Gasteiger partial charge in [0, 0.05) is 6.54 Å². The average molecular weight is 177 g/mol. The number of hydrogen-bond donors (Lipinski definition) is 2. The minimum absolute atomic E-state index is 0.132. The predicted molar refractivity (Wildman–Crippen MR) is 50.8 cm³/mol. The first-order valence-corrected chi connectivity index (χ1v) is 4.18. The molecule has 0 heterocycles. The van der Waals surface area contributed by atoms with E-state index in [0.717, 1.165) is 5.56 Å². The lowest BCUT2D eigenvalue weighted by atomic mass is 10.2. The number of carbonyl (C=O) groups excluding carboxylic acids is 1. The molecule has 1 aromatic rings. The lowest BCUT2D eigenvalue weighted by Crippen LogP contribution is -2.37. The van der Waals surface area contributed by atoms with Crippen LogP contribution in [0.4, 0.5) is 0 Å². The summed E-state index contributed by atoms with van der Waals surface area (Å²) in [7, 11) is 0. The second kappa shape index (κ2) is 4.62. The molecule has 0 bridgehead atoms. The third-order valence-corrected chi connectivity index (χ3v) is 1.67. The van der Waals surface area contributed by atoms with Crippen molar-refractivity contribution in [3.05, 3.63) is 35.9 Å². The van der Waals surface area contributed by atoms with Gasteiger partial charge in [-0.25, -0.2) is 0 Å². The number of amides is 1. The largest absolute Gasteiger partial charge is 0.351 e. The van der Waals surface area contributed by atoms with E-state index in [0.29, 0.717) is 6.54 Å². The molecular formula is C10H13N2O. The normalized spacial score (nSPS) is 12.2. The highest BCUT2D eigenvalue weighted by atomic mass is 16.2. The van der Waals surface area contributed by atoms with Crippen LogP contribution in [0.2, 0.25) is 0 Å². The van der Waals surface area contributed by atoms with Crippen molar-refractivity contribution >= 4 is 5.91 Å². The van der Waals surface area contributed by atoms with E-state index in [-0.39, 0.29) is 5.91 Å². The SMILES string of the molecule is C[C@H](N)C(=O)NCc1cc[c]cc1. The zero-order valence-electron chi connectivity index (χ0n) is 7.58. The van der Waals surface area contributed by atoms with Crippen molar-refractivity contribution in [2.75, 3.05) is 0 Å². The van der Waals surface area contributed by atoms with E-state index in [9.17, 15) is 4.79 Å². The van der Waals surface area contributed by atoms with E-state index in [4.69, 9.17) is 5.73 Å². The Kier molecular flexibility index (Phi) is 3.46. The third-order valence-electron chi connectivity index (χ3n) is 1.67. The first-order valence-electron chi connectivity index (χ1n) is 4.18. The topological polar surface area (TPSA) is 55.1 Å². The van der Waals surface area contributed by atoms with Gasteiger partial charge in [0.05, 0.1) is 6.04 Å². The highest BCUT2D eigenvalue weighted by Crippen LogP contribution is 1.96. The maximum absolute atomic E-state index is 11.1. The Bertz CT molecular complexity index is 270. The summed E-state index contributed by atoms with van der Waals surface area (Å²) < 4.78 is 0. The molecule has 0 aliphatic heterocycles. The Labute approximate surface area is 77.9 Å². The fourth-order valence-corrected chi connectivity index (χ4v) is 0.889. The van der Waals surface area contributed by atoms with Crippen molar-refractivity contribution in [2.24, 2.45) is 5.73 Å². The zero-order valence-corrected chi connectivity index (χ0v) is 7.58. The first kappa shape index (κ1) is 9.74. The molecule has 1 atom stereocenters. The van der Waals surface area contributed by atoms with Crippen LogP contribution in [0.3, 0.4) is 0 Å². The van der Waals surface area contributed by atoms with Crippen LogP contribution in [-0.4, -0.2) is 11.9 Å². The van der Waals surface area contributed by atoms with Gasteiger partial charge in [-0.1, -0.05) is 24.3 Å². The van der Waals surface area contributed by atoms with E-state index in [1.807, 2.05) is 24.3 Å². The monoisotopic (exact) mass is 177 g/mol. The van der Waals surface area contributed by atoms with Crippen LogP contribution in [0, 0.1) is 6.07 Å². The molecule has 0 aliphatic rings. The molecule has 0 fully saturated rings. The molecule has 0 saturated heterocycles. The van der Waals surface area contributed by atoms with Crippen LogP contribution in [-0.2, 0) is 11.3 Å². The van der Waals surface area contributed by atoms with E-state index < -0.39 is 6.04 Å². The van der Waals surface area contributed by atoms with Gasteiger partial charge in [0.1, 0.15) is 0 Å². The predicted octanol–water partition coefficient (Wildman–Crippen LogP) is 0.450. The van der Waals surface area contributed by atoms with E-state index in [1.54, 1.807) is 6.92 Å². The Morgan fingerprint density at radius 2 is 2.23 bits per heavy atom. The van der Waals surface area contributed by atoms with Gasteiger partial charge in [0.15, 0.2) is 0 Å². The molecule has 3 nitrogen and oxygen atoms in total. The first-order chi connectivity index (χ1) is 6.20. The Hall–Kier alpha value is -1.35. The van der Waals surface area contributed by atoms with E-state index >= 15 is 0 Å². The van der Waals surface area contributed by atoms with Gasteiger partial charge in [-0.3, -0.25) is 4.79 Å². The second-order valence-electron chi connectivity index (χ2n) is 2.91. The van der Waals surface area contributed by atoms with Gasteiger partial charge in [-0.2, -0.15) is 0 Å². The molecule has 1 radical (unpaired) electrons. The standard InChI is InChI=1S/C10H13N2O/c1-8(11)10(13)12-7-9-5-3-2-4-6-9/h3-6,8H,7,11H2,1H3,(H,12,13)/t8-/m0/s1. The molecule has 13 heavy (non-hydrogen) atoms. The summed E-state index contributed by atoms with van der Waals surface area (Å²) in [6, 6.07) is 9.89. The maximum Gasteiger partial charge on any atom is 0.236 e. The molecule has 3 N–H and O–H groups in total. The summed E-state index contributed by atoms with van der Waals surface area (Å²) in [4.78, 5) is 11.1. The molecule has 3 heteroatoms. The summed E-state index contributed by atoms with van der Waals surface area (Å²) >= 11 is 0. The number of rotatable bonds is 3. The van der Waals surface area contributed by atoms with Crippen molar-refractivity contribution in [1.29, 1.82) is 0 Å². The number of nitrogens with two attached hydrogens (primary N) is 1. The summed E-state index contributed by atoms with van der Waals surface area (Å²) in [5, 5.41) is 2.72. The van der Waals surface area contributed by atoms with Crippen LogP contribution in [0.5, 0.6) is 0 Å². The second-order valence-corrected chi connectivity index (χ2v) is 2.91. The number of benzene rings is 1. The van der Waals surface area contributed by atoms with Crippen molar-refractivity contribution in [2.45, 2.75) is 19.5 Å². The van der Waals surface area contributed by atoms with E-state index in [2.05, 4.69) is 11.4 Å². The number of hydrogen-bond acceptors (Lipinski definition) is 2. The van der Waals surface area contributed by atoms with Crippen LogP contribution in [0.1, 0.15) is 12.5 Å². The van der Waals surface area contributed by atoms with Crippen LogP contribution >= 0.6 is 0 Å². The summed E-state index contributed by atoms with van der Waals surface area (Å²) in [5.74, 6) is -0.132. The quantitative estimate of drug-likeness (QED) is 0.704. The lowest BCUT2D eigenvalue weighted by molar-refractivity contribution is -0.122. The van der Waals surface area contributed by atoms with Gasteiger partial charge >= 0.3 is 0 Å². The fourth-order valence-electron chi connectivity index (χ4n) is 0.889. The van der Waals surface area contributed by atoms with Crippen molar-refractivity contribution in [1.82, 2.24) is 5.32 Å². The average Bonchev–Trinajstić information content (AvgIpc) is 2.15. The molecule has 0 aliphatic carbocycles. The molecule has 1 rings (SSSR count). The van der Waals surface area contributed by atoms with Crippen LogP contribution in [0.25, 0.3) is 0 Å². The summed E-state index contributed by atoms with van der Waals surface area (Å²) in [6.45, 7) is 2.18. The molecule has 0 aromatic heterocycles. The van der Waals surface area contributed by atoms with Crippen LogP contribution in [0.15, 0.2) is 24.3 Å². The molecule has 1 amide bonds. The summed E-state index contributed by atoms with van der Waals surface area (Å²) in [5.41, 5.74) is 6.43. The van der Waals surface area contributed by atoms with Crippen LogP contribution < -0.4 is 11.1 Å². The Morgan fingerprint density at radius 1 is 1.62 bits per heavy atom. The lowest BCUT2D eigenvalue weighted by Gasteiger charge is -2.06. The van der Waals surface area contributed by atoms with Gasteiger partial charge in [0.25, 0.3) is 0 Å². The molecule has 0 spiro atoms.